The smallest absolute Gasteiger partial charge is 0.323 e. The van der Waals surface area contributed by atoms with Crippen LogP contribution in [0.5, 0.6) is 0 Å². The molecule has 0 saturated heterocycles. The third-order valence-corrected chi connectivity index (χ3v) is 5.98. The van der Waals surface area contributed by atoms with Crippen LogP contribution in [-0.4, -0.2) is 15.1 Å². The number of rotatable bonds is 2. The lowest BCUT2D eigenvalue weighted by molar-refractivity contribution is 0.219. The molecule has 0 radical (unpaired) electrons. The molecule has 20 heavy (non-hydrogen) atoms. The summed E-state index contributed by atoms with van der Waals surface area (Å²) in [5.74, 6) is 0. The standard InChI is InChI=1S/C12H7Br3N2O2S/c13-6-3-8-7(16-12(19)17-8)1-4(6)10(18)5-2-9(14)20-11(5)15/h1-3,10,18H,(H2,16,17,19). The molecule has 0 fully saturated rings. The zero-order valence-electron chi connectivity index (χ0n) is 9.71. The molecule has 1 aromatic carbocycles. The molecule has 0 saturated carbocycles. The number of aliphatic hydroxyl groups is 1. The maximum Gasteiger partial charge on any atom is 0.323 e. The third-order valence-electron chi connectivity index (χ3n) is 2.91. The van der Waals surface area contributed by atoms with E-state index in [0.29, 0.717) is 16.6 Å². The first-order chi connectivity index (χ1) is 9.45. The summed E-state index contributed by atoms with van der Waals surface area (Å²) in [4.78, 5) is 16.7. The predicted molar refractivity (Wildman–Crippen MR) is 90.4 cm³/mol. The molecule has 104 valence electrons. The second kappa shape index (κ2) is 5.42. The quantitative estimate of drug-likeness (QED) is 0.510. The van der Waals surface area contributed by atoms with Gasteiger partial charge in [0.15, 0.2) is 0 Å². The molecule has 1 atom stereocenters. The number of benzene rings is 1. The van der Waals surface area contributed by atoms with Crippen molar-refractivity contribution in [1.29, 1.82) is 0 Å². The summed E-state index contributed by atoms with van der Waals surface area (Å²) in [6.07, 6.45) is -0.788. The average Bonchev–Trinajstić information content (AvgIpc) is 2.88. The predicted octanol–water partition coefficient (Wildman–Crippen LogP) is 4.29. The maximum atomic E-state index is 11.3. The van der Waals surface area contributed by atoms with Crippen LogP contribution < -0.4 is 5.69 Å². The fraction of sp³-hybridized carbons (Fsp3) is 0.0833. The number of aliphatic hydroxyl groups excluding tert-OH is 1. The summed E-state index contributed by atoms with van der Waals surface area (Å²) in [6, 6.07) is 5.41. The monoisotopic (exact) mass is 480 g/mol. The molecule has 3 N–H and O–H groups in total. The van der Waals surface area contributed by atoms with Crippen LogP contribution in [0.3, 0.4) is 0 Å². The van der Waals surface area contributed by atoms with E-state index in [9.17, 15) is 9.90 Å². The third kappa shape index (κ3) is 2.55. The number of aromatic amines is 2. The van der Waals surface area contributed by atoms with Crippen molar-refractivity contribution in [2.45, 2.75) is 6.10 Å². The minimum Gasteiger partial charge on any atom is -0.384 e. The van der Waals surface area contributed by atoms with E-state index >= 15 is 0 Å². The lowest BCUT2D eigenvalue weighted by Crippen LogP contribution is -2.00. The highest BCUT2D eigenvalue weighted by atomic mass is 79.9. The zero-order chi connectivity index (χ0) is 14.4. The normalized spacial score (nSPS) is 13.0. The fourth-order valence-electron chi connectivity index (χ4n) is 1.99. The molecule has 0 aliphatic carbocycles. The van der Waals surface area contributed by atoms with Gasteiger partial charge < -0.3 is 15.1 Å². The number of imidazole rings is 1. The van der Waals surface area contributed by atoms with Crippen LogP contribution in [0.4, 0.5) is 0 Å². The zero-order valence-corrected chi connectivity index (χ0v) is 15.3. The fourth-order valence-corrected chi connectivity index (χ4v) is 5.43. The van der Waals surface area contributed by atoms with Crippen molar-refractivity contribution in [3.63, 3.8) is 0 Å². The Bertz CT molecular complexity index is 852. The van der Waals surface area contributed by atoms with E-state index in [1.807, 2.05) is 6.07 Å². The second-order valence-corrected chi connectivity index (χ2v) is 8.78. The molecule has 3 aromatic rings. The van der Waals surface area contributed by atoms with Crippen molar-refractivity contribution in [3.8, 4) is 0 Å². The summed E-state index contributed by atoms with van der Waals surface area (Å²) in [7, 11) is 0. The topological polar surface area (TPSA) is 68.9 Å². The molecule has 0 aliphatic rings. The van der Waals surface area contributed by atoms with E-state index in [1.165, 1.54) is 11.3 Å². The first-order valence-electron chi connectivity index (χ1n) is 5.50. The maximum absolute atomic E-state index is 11.3. The lowest BCUT2D eigenvalue weighted by Gasteiger charge is -2.12. The number of hydrogen-bond acceptors (Lipinski definition) is 3. The van der Waals surface area contributed by atoms with Crippen molar-refractivity contribution in [2.24, 2.45) is 0 Å². The van der Waals surface area contributed by atoms with Crippen LogP contribution in [0.15, 0.2) is 35.0 Å². The van der Waals surface area contributed by atoms with Gasteiger partial charge in [0.25, 0.3) is 0 Å². The van der Waals surface area contributed by atoms with Crippen LogP contribution in [0.1, 0.15) is 17.2 Å². The van der Waals surface area contributed by atoms with E-state index in [4.69, 9.17) is 0 Å². The van der Waals surface area contributed by atoms with E-state index in [2.05, 4.69) is 57.8 Å². The number of H-pyrrole nitrogens is 2. The first kappa shape index (κ1) is 14.5. The van der Waals surface area contributed by atoms with Gasteiger partial charge in [-0.3, -0.25) is 0 Å². The van der Waals surface area contributed by atoms with Gasteiger partial charge in [-0.05, 0) is 50.1 Å². The number of hydrogen-bond donors (Lipinski definition) is 3. The van der Waals surface area contributed by atoms with E-state index in [1.54, 1.807) is 12.1 Å². The Morgan fingerprint density at radius 2 is 1.70 bits per heavy atom. The lowest BCUT2D eigenvalue weighted by atomic mass is 10.0. The van der Waals surface area contributed by atoms with Gasteiger partial charge in [-0.1, -0.05) is 15.9 Å². The van der Waals surface area contributed by atoms with Gasteiger partial charge in [0.2, 0.25) is 0 Å². The molecular formula is C12H7Br3N2O2S. The Balaban J connectivity index is 2.15. The summed E-state index contributed by atoms with van der Waals surface area (Å²) >= 11 is 11.8. The van der Waals surface area contributed by atoms with E-state index < -0.39 is 6.10 Å². The molecule has 2 heterocycles. The molecule has 0 spiro atoms. The Morgan fingerprint density at radius 3 is 2.30 bits per heavy atom. The molecular weight excluding hydrogens is 476 g/mol. The van der Waals surface area contributed by atoms with Gasteiger partial charge in [0.1, 0.15) is 6.10 Å². The number of fused-ring (bicyclic) bond motifs is 1. The average molecular weight is 483 g/mol. The number of aromatic nitrogens is 2. The Morgan fingerprint density at radius 1 is 1.05 bits per heavy atom. The number of thiophene rings is 1. The highest BCUT2D eigenvalue weighted by Gasteiger charge is 2.20. The van der Waals surface area contributed by atoms with Crippen LogP contribution >= 0.6 is 59.1 Å². The minimum absolute atomic E-state index is 0.266. The van der Waals surface area contributed by atoms with Crippen molar-refractivity contribution < 1.29 is 5.11 Å². The highest BCUT2D eigenvalue weighted by Crippen LogP contribution is 2.40. The van der Waals surface area contributed by atoms with E-state index in [0.717, 1.165) is 17.6 Å². The van der Waals surface area contributed by atoms with Gasteiger partial charge in [-0.25, -0.2) is 4.79 Å². The molecule has 3 rings (SSSR count). The number of nitrogens with one attached hydrogen (secondary N) is 2. The van der Waals surface area contributed by atoms with E-state index in [-0.39, 0.29) is 5.69 Å². The van der Waals surface area contributed by atoms with Crippen LogP contribution in [0.25, 0.3) is 11.0 Å². The van der Waals surface area contributed by atoms with Crippen molar-refractivity contribution in [2.75, 3.05) is 0 Å². The largest absolute Gasteiger partial charge is 0.384 e. The van der Waals surface area contributed by atoms with Gasteiger partial charge >= 0.3 is 5.69 Å². The first-order valence-corrected chi connectivity index (χ1v) is 8.69. The Hall–Kier alpha value is -0.410. The Labute approximate surface area is 142 Å². The van der Waals surface area contributed by atoms with Gasteiger partial charge in [-0.15, -0.1) is 11.3 Å². The highest BCUT2D eigenvalue weighted by molar-refractivity contribution is 9.12. The summed E-state index contributed by atoms with van der Waals surface area (Å²) in [6.45, 7) is 0. The number of halogens is 3. The summed E-state index contributed by atoms with van der Waals surface area (Å²) in [5, 5.41) is 10.6. The van der Waals surface area contributed by atoms with Gasteiger partial charge in [0.05, 0.1) is 18.6 Å². The van der Waals surface area contributed by atoms with Crippen molar-refractivity contribution in [3.05, 3.63) is 51.9 Å². The van der Waals surface area contributed by atoms with Gasteiger partial charge in [0, 0.05) is 15.6 Å². The van der Waals surface area contributed by atoms with Crippen LogP contribution in [-0.2, 0) is 0 Å². The molecule has 8 heteroatoms. The SMILES string of the molecule is O=c1[nH]c2cc(Br)c(C(O)c3cc(Br)sc3Br)cc2[nH]1. The molecule has 1 unspecified atom stereocenters. The minimum atomic E-state index is -0.788. The van der Waals surface area contributed by atoms with Gasteiger partial charge in [-0.2, -0.15) is 0 Å². The van der Waals surface area contributed by atoms with Crippen LogP contribution in [0.2, 0.25) is 0 Å². The van der Waals surface area contributed by atoms with Crippen LogP contribution in [0, 0.1) is 0 Å². The summed E-state index contributed by atoms with van der Waals surface area (Å²) < 4.78 is 2.54. The Kier molecular flexibility index (Phi) is 3.93. The van der Waals surface area contributed by atoms with Crippen molar-refractivity contribution >= 4 is 70.2 Å². The molecule has 4 nitrogen and oxygen atoms in total. The molecule has 0 bridgehead atoms. The molecule has 2 aromatic heterocycles. The second-order valence-electron chi connectivity index (χ2n) is 4.18. The molecule has 0 aliphatic heterocycles. The summed E-state index contributed by atoms with van der Waals surface area (Å²) in [5.41, 5.74) is 2.57. The van der Waals surface area contributed by atoms with Crippen molar-refractivity contribution in [1.82, 2.24) is 9.97 Å². The molecule has 0 amide bonds.